The Kier molecular flexibility index (Phi) is 4.11. The number of carbonyl (C=O) groups is 1. The predicted molar refractivity (Wildman–Crippen MR) is 68.2 cm³/mol. The highest BCUT2D eigenvalue weighted by molar-refractivity contribution is 6.31. The van der Waals surface area contributed by atoms with E-state index >= 15 is 0 Å². The molecule has 0 fully saturated rings. The summed E-state index contributed by atoms with van der Waals surface area (Å²) in [6.45, 7) is 6.61. The fourth-order valence-electron chi connectivity index (χ4n) is 1.67. The summed E-state index contributed by atoms with van der Waals surface area (Å²) in [6.07, 6.45) is 0.365. The van der Waals surface area contributed by atoms with Crippen LogP contribution in [0.3, 0.4) is 0 Å². The van der Waals surface area contributed by atoms with E-state index < -0.39 is 0 Å². The highest BCUT2D eigenvalue weighted by atomic mass is 35.5. The number of carbonyl (C=O) groups excluding carboxylic acids is 1. The standard InChI is InChI=1S/C13H18ClNO/c1-13(2,3)11-5-4-9(14)8-10(11)12(16)6-7-15/h4-5,8H,6-7,15H2,1-3H3. The van der Waals surface area contributed by atoms with Crippen molar-refractivity contribution in [2.45, 2.75) is 32.6 Å². The molecule has 16 heavy (non-hydrogen) atoms. The number of hydrogen-bond donors (Lipinski definition) is 1. The molecular formula is C13H18ClNO. The second-order valence-electron chi connectivity index (χ2n) is 4.90. The third-order valence-electron chi connectivity index (χ3n) is 2.46. The Balaban J connectivity index is 3.24. The second kappa shape index (κ2) is 4.98. The fraction of sp³-hybridized carbons (Fsp3) is 0.462. The van der Waals surface area contributed by atoms with Crippen LogP contribution in [0.25, 0.3) is 0 Å². The average molecular weight is 240 g/mol. The number of halogens is 1. The molecule has 0 aliphatic rings. The van der Waals surface area contributed by atoms with E-state index in [2.05, 4.69) is 20.8 Å². The van der Waals surface area contributed by atoms with Crippen molar-refractivity contribution in [2.75, 3.05) is 6.54 Å². The minimum absolute atomic E-state index is 0.0647. The summed E-state index contributed by atoms with van der Waals surface area (Å²) >= 11 is 5.93. The van der Waals surface area contributed by atoms with Crippen LogP contribution >= 0.6 is 11.6 Å². The lowest BCUT2D eigenvalue weighted by Gasteiger charge is -2.22. The zero-order valence-corrected chi connectivity index (χ0v) is 10.8. The van der Waals surface area contributed by atoms with E-state index in [0.29, 0.717) is 23.6 Å². The van der Waals surface area contributed by atoms with Gasteiger partial charge in [-0.05, 0) is 29.7 Å². The summed E-state index contributed by atoms with van der Waals surface area (Å²) in [6, 6.07) is 5.48. The first-order valence-electron chi connectivity index (χ1n) is 5.39. The maximum absolute atomic E-state index is 11.9. The van der Waals surface area contributed by atoms with E-state index in [1.54, 1.807) is 6.07 Å². The molecule has 0 atom stereocenters. The van der Waals surface area contributed by atoms with Crippen LogP contribution in [0, 0.1) is 0 Å². The van der Waals surface area contributed by atoms with Crippen molar-refractivity contribution in [1.82, 2.24) is 0 Å². The van der Waals surface area contributed by atoms with Gasteiger partial charge in [0.15, 0.2) is 5.78 Å². The molecule has 2 nitrogen and oxygen atoms in total. The molecule has 1 aromatic rings. The molecule has 2 N–H and O–H groups in total. The molecule has 0 spiro atoms. The quantitative estimate of drug-likeness (QED) is 0.824. The highest BCUT2D eigenvalue weighted by Crippen LogP contribution is 2.28. The Bertz CT molecular complexity index is 393. The molecule has 1 aromatic carbocycles. The number of ketones is 1. The molecule has 0 bridgehead atoms. The second-order valence-corrected chi connectivity index (χ2v) is 5.34. The Hall–Kier alpha value is -0.860. The van der Waals surface area contributed by atoms with E-state index in [-0.39, 0.29) is 11.2 Å². The molecular weight excluding hydrogens is 222 g/mol. The van der Waals surface area contributed by atoms with Crippen LogP contribution in [0.15, 0.2) is 18.2 Å². The Morgan fingerprint density at radius 3 is 2.50 bits per heavy atom. The van der Waals surface area contributed by atoms with Gasteiger partial charge in [-0.15, -0.1) is 0 Å². The molecule has 0 saturated carbocycles. The lowest BCUT2D eigenvalue weighted by Crippen LogP contribution is -2.18. The largest absolute Gasteiger partial charge is 0.330 e. The van der Waals surface area contributed by atoms with E-state index in [9.17, 15) is 4.79 Å². The minimum Gasteiger partial charge on any atom is -0.330 e. The van der Waals surface area contributed by atoms with Crippen molar-refractivity contribution in [3.05, 3.63) is 34.3 Å². The Morgan fingerprint density at radius 1 is 1.38 bits per heavy atom. The van der Waals surface area contributed by atoms with Crippen LogP contribution in [0.5, 0.6) is 0 Å². The Morgan fingerprint density at radius 2 is 2.00 bits per heavy atom. The van der Waals surface area contributed by atoms with Crippen molar-refractivity contribution in [3.8, 4) is 0 Å². The molecule has 0 aliphatic heterocycles. The van der Waals surface area contributed by atoms with Crippen LogP contribution in [0.1, 0.15) is 43.1 Å². The first kappa shape index (κ1) is 13.2. The number of benzene rings is 1. The topological polar surface area (TPSA) is 43.1 Å². The van der Waals surface area contributed by atoms with Crippen LogP contribution < -0.4 is 5.73 Å². The molecule has 0 amide bonds. The third-order valence-corrected chi connectivity index (χ3v) is 2.70. The smallest absolute Gasteiger partial charge is 0.164 e. The van der Waals surface area contributed by atoms with Gasteiger partial charge in [0, 0.05) is 17.0 Å². The van der Waals surface area contributed by atoms with Crippen LogP contribution in [-0.4, -0.2) is 12.3 Å². The van der Waals surface area contributed by atoms with E-state index in [1.807, 2.05) is 12.1 Å². The van der Waals surface area contributed by atoms with Crippen molar-refractivity contribution in [3.63, 3.8) is 0 Å². The van der Waals surface area contributed by atoms with Crippen LogP contribution in [0.4, 0.5) is 0 Å². The van der Waals surface area contributed by atoms with Gasteiger partial charge in [-0.2, -0.15) is 0 Å². The number of rotatable bonds is 3. The zero-order valence-electron chi connectivity index (χ0n) is 10.0. The van der Waals surface area contributed by atoms with Gasteiger partial charge in [0.2, 0.25) is 0 Å². The molecule has 88 valence electrons. The number of Topliss-reactive ketones (excluding diaryl/α,β-unsaturated/α-hetero) is 1. The molecule has 0 unspecified atom stereocenters. The molecule has 0 saturated heterocycles. The molecule has 1 rings (SSSR count). The summed E-state index contributed by atoms with van der Waals surface area (Å²) in [5, 5.41) is 0.591. The summed E-state index contributed by atoms with van der Waals surface area (Å²) in [7, 11) is 0. The van der Waals surface area contributed by atoms with Gasteiger partial charge in [0.05, 0.1) is 0 Å². The maximum Gasteiger partial charge on any atom is 0.164 e. The van der Waals surface area contributed by atoms with Crippen molar-refractivity contribution < 1.29 is 4.79 Å². The SMILES string of the molecule is CC(C)(C)c1ccc(Cl)cc1C(=O)CCN. The molecule has 0 aliphatic carbocycles. The first-order valence-corrected chi connectivity index (χ1v) is 5.77. The predicted octanol–water partition coefficient (Wildman–Crippen LogP) is 3.17. The van der Waals surface area contributed by atoms with Gasteiger partial charge in [-0.3, -0.25) is 4.79 Å². The summed E-state index contributed by atoms with van der Waals surface area (Å²) < 4.78 is 0. The minimum atomic E-state index is -0.0653. The van der Waals surface area contributed by atoms with Gasteiger partial charge in [-0.1, -0.05) is 38.4 Å². The summed E-state index contributed by atoms with van der Waals surface area (Å²) in [5.41, 5.74) is 7.07. The average Bonchev–Trinajstić information content (AvgIpc) is 2.16. The lowest BCUT2D eigenvalue weighted by molar-refractivity contribution is 0.0983. The van der Waals surface area contributed by atoms with Crippen molar-refractivity contribution in [2.24, 2.45) is 5.73 Å². The molecule has 0 heterocycles. The Labute approximate surface area is 102 Å². The monoisotopic (exact) mass is 239 g/mol. The van der Waals surface area contributed by atoms with Gasteiger partial charge >= 0.3 is 0 Å². The van der Waals surface area contributed by atoms with Crippen molar-refractivity contribution in [1.29, 1.82) is 0 Å². The maximum atomic E-state index is 11.9. The number of hydrogen-bond acceptors (Lipinski definition) is 2. The van der Waals surface area contributed by atoms with Gasteiger partial charge in [0.1, 0.15) is 0 Å². The summed E-state index contributed by atoms with van der Waals surface area (Å²) in [4.78, 5) is 11.9. The zero-order chi connectivity index (χ0) is 12.3. The van der Waals surface area contributed by atoms with E-state index in [1.165, 1.54) is 0 Å². The van der Waals surface area contributed by atoms with Crippen molar-refractivity contribution >= 4 is 17.4 Å². The molecule has 3 heteroatoms. The summed E-state index contributed by atoms with van der Waals surface area (Å²) in [5.74, 6) is 0.0647. The van der Waals surface area contributed by atoms with E-state index in [0.717, 1.165) is 5.56 Å². The fourth-order valence-corrected chi connectivity index (χ4v) is 1.84. The number of nitrogens with two attached hydrogens (primary N) is 1. The van der Waals surface area contributed by atoms with Crippen LogP contribution in [-0.2, 0) is 5.41 Å². The van der Waals surface area contributed by atoms with Gasteiger partial charge < -0.3 is 5.73 Å². The normalized spacial score (nSPS) is 11.6. The third kappa shape index (κ3) is 3.06. The molecule has 0 aromatic heterocycles. The van der Waals surface area contributed by atoms with Gasteiger partial charge in [0.25, 0.3) is 0 Å². The first-order chi connectivity index (χ1) is 7.36. The van der Waals surface area contributed by atoms with Gasteiger partial charge in [-0.25, -0.2) is 0 Å². The molecule has 0 radical (unpaired) electrons. The highest BCUT2D eigenvalue weighted by Gasteiger charge is 2.21. The lowest BCUT2D eigenvalue weighted by atomic mass is 9.82. The van der Waals surface area contributed by atoms with Crippen LogP contribution in [0.2, 0.25) is 5.02 Å². The van der Waals surface area contributed by atoms with E-state index in [4.69, 9.17) is 17.3 Å².